The minimum Gasteiger partial charge on any atom is -0.477 e. The second kappa shape index (κ2) is 10.4. The molecule has 3 aromatic rings. The van der Waals surface area contributed by atoms with Crippen LogP contribution in [0.1, 0.15) is 37.0 Å². The molecule has 1 atom stereocenters. The molecule has 3 N–H and O–H groups in total. The molecular weight excluding hydrogens is 448 g/mol. The number of anilines is 1. The van der Waals surface area contributed by atoms with Gasteiger partial charge in [-0.2, -0.15) is 0 Å². The Hall–Kier alpha value is -4.14. The summed E-state index contributed by atoms with van der Waals surface area (Å²) in [5, 5.41) is 5.88. The van der Waals surface area contributed by atoms with Crippen molar-refractivity contribution in [1.29, 1.82) is 0 Å². The number of fused-ring (bicyclic) bond motifs is 2. The van der Waals surface area contributed by atoms with E-state index in [0.717, 1.165) is 12.8 Å². The van der Waals surface area contributed by atoms with Crippen LogP contribution in [-0.2, 0) is 9.59 Å². The molecule has 0 spiro atoms. The van der Waals surface area contributed by atoms with Crippen LogP contribution < -0.4 is 25.7 Å². The second-order valence-corrected chi connectivity index (χ2v) is 8.36. The third-order valence-corrected chi connectivity index (χ3v) is 6.13. The lowest BCUT2D eigenvalue weighted by atomic mass is 10.1. The van der Waals surface area contributed by atoms with Gasteiger partial charge < -0.3 is 25.3 Å². The number of H-pyrrole nitrogens is 1. The number of carbonyl (C=O) groups is 3. The van der Waals surface area contributed by atoms with E-state index in [9.17, 15) is 19.2 Å². The summed E-state index contributed by atoms with van der Waals surface area (Å²) >= 11 is 0. The Kier molecular flexibility index (Phi) is 7.14. The van der Waals surface area contributed by atoms with Crippen molar-refractivity contribution >= 4 is 34.3 Å². The summed E-state index contributed by atoms with van der Waals surface area (Å²) in [6.45, 7) is 3.64. The number of ether oxygens (including phenoxy) is 1. The number of hydrogen-bond donors (Lipinski definition) is 3. The average Bonchev–Trinajstić information content (AvgIpc) is 2.89. The zero-order valence-corrected chi connectivity index (χ0v) is 19.7. The summed E-state index contributed by atoms with van der Waals surface area (Å²) in [6, 6.07) is 13.8. The van der Waals surface area contributed by atoms with Gasteiger partial charge in [-0.05, 0) is 37.1 Å². The molecule has 2 aromatic carbocycles. The third kappa shape index (κ3) is 5.03. The number of nitrogens with zero attached hydrogens (tertiary/aromatic N) is 1. The fourth-order valence-corrected chi connectivity index (χ4v) is 4.08. The number of pyridine rings is 1. The molecule has 1 aromatic heterocycles. The van der Waals surface area contributed by atoms with Gasteiger partial charge in [-0.25, -0.2) is 0 Å². The standard InChI is InChI=1S/C26H28N4O5/c1-3-16(4-2)29-26(34)22-15-30(20-11-7-8-12-21(20)35-22)23(31)14-28-25(33)18-13-27-19-10-6-5-9-17(19)24(18)32/h5-13,16,22H,3-4,14-15H2,1-2H3,(H,27,32)(H,28,33)(H,29,34). The van der Waals surface area contributed by atoms with E-state index < -0.39 is 23.3 Å². The molecule has 2 heterocycles. The molecule has 4 rings (SSSR count). The highest BCUT2D eigenvalue weighted by Gasteiger charge is 2.34. The fraction of sp³-hybridized carbons (Fsp3) is 0.308. The molecule has 1 aliphatic heterocycles. The predicted octanol–water partition coefficient (Wildman–Crippen LogP) is 2.36. The monoisotopic (exact) mass is 476 g/mol. The van der Waals surface area contributed by atoms with E-state index >= 15 is 0 Å². The highest BCUT2D eigenvalue weighted by Crippen LogP contribution is 2.33. The van der Waals surface area contributed by atoms with Crippen LogP contribution in [0.15, 0.2) is 59.5 Å². The molecule has 0 bridgehead atoms. The zero-order valence-electron chi connectivity index (χ0n) is 19.7. The molecule has 0 saturated heterocycles. The largest absolute Gasteiger partial charge is 0.477 e. The SMILES string of the molecule is CCC(CC)NC(=O)C1CN(C(=O)CNC(=O)c2c[nH]c3ccccc3c2=O)c2ccccc2O1. The molecule has 35 heavy (non-hydrogen) atoms. The first kappa shape index (κ1) is 24.0. The molecule has 3 amide bonds. The first-order valence-electron chi connectivity index (χ1n) is 11.7. The summed E-state index contributed by atoms with van der Waals surface area (Å²) in [5.41, 5.74) is 0.634. The third-order valence-electron chi connectivity index (χ3n) is 6.13. The molecule has 0 radical (unpaired) electrons. The number of rotatable bonds is 7. The molecule has 1 aliphatic rings. The maximum absolute atomic E-state index is 13.1. The Morgan fingerprint density at radius 1 is 1.09 bits per heavy atom. The normalized spacial score (nSPS) is 14.8. The van der Waals surface area contributed by atoms with E-state index in [1.54, 1.807) is 48.5 Å². The lowest BCUT2D eigenvalue weighted by Gasteiger charge is -2.34. The summed E-state index contributed by atoms with van der Waals surface area (Å²) in [6.07, 6.45) is 2.03. The number of aromatic nitrogens is 1. The molecule has 1 unspecified atom stereocenters. The Morgan fingerprint density at radius 2 is 1.80 bits per heavy atom. The maximum Gasteiger partial charge on any atom is 0.263 e. The fourth-order valence-electron chi connectivity index (χ4n) is 4.08. The Bertz CT molecular complexity index is 1310. The van der Waals surface area contributed by atoms with Gasteiger partial charge in [0, 0.05) is 23.1 Å². The van der Waals surface area contributed by atoms with Gasteiger partial charge in [0.05, 0.1) is 18.8 Å². The van der Waals surface area contributed by atoms with Gasteiger partial charge in [-0.1, -0.05) is 38.1 Å². The smallest absolute Gasteiger partial charge is 0.263 e. The van der Waals surface area contributed by atoms with Crippen LogP contribution in [-0.4, -0.2) is 47.9 Å². The quantitative estimate of drug-likeness (QED) is 0.484. The van der Waals surface area contributed by atoms with Crippen molar-refractivity contribution in [3.05, 3.63) is 70.5 Å². The van der Waals surface area contributed by atoms with Crippen molar-refractivity contribution in [2.75, 3.05) is 18.0 Å². The van der Waals surface area contributed by atoms with Crippen molar-refractivity contribution in [2.24, 2.45) is 0 Å². The molecule has 182 valence electrons. The van der Waals surface area contributed by atoms with Gasteiger partial charge in [-0.15, -0.1) is 0 Å². The van der Waals surface area contributed by atoms with Gasteiger partial charge in [-0.3, -0.25) is 19.2 Å². The highest BCUT2D eigenvalue weighted by molar-refractivity contribution is 6.03. The van der Waals surface area contributed by atoms with Crippen molar-refractivity contribution in [3.63, 3.8) is 0 Å². The first-order valence-corrected chi connectivity index (χ1v) is 11.7. The minimum atomic E-state index is -0.881. The van der Waals surface area contributed by atoms with E-state index in [2.05, 4.69) is 15.6 Å². The minimum absolute atomic E-state index is 0.00819. The van der Waals surface area contributed by atoms with E-state index in [-0.39, 0.29) is 30.6 Å². The number of carbonyl (C=O) groups excluding carboxylic acids is 3. The number of nitrogens with one attached hydrogen (secondary N) is 3. The van der Waals surface area contributed by atoms with Crippen LogP contribution >= 0.6 is 0 Å². The molecule has 9 heteroatoms. The number of para-hydroxylation sites is 3. The van der Waals surface area contributed by atoms with Crippen molar-refractivity contribution in [2.45, 2.75) is 38.8 Å². The second-order valence-electron chi connectivity index (χ2n) is 8.36. The lowest BCUT2D eigenvalue weighted by Crippen LogP contribution is -2.54. The number of aromatic amines is 1. The molecule has 0 saturated carbocycles. The number of amides is 3. The summed E-state index contributed by atoms with van der Waals surface area (Å²) in [5.74, 6) is -0.964. The highest BCUT2D eigenvalue weighted by atomic mass is 16.5. The van der Waals surface area contributed by atoms with Gasteiger partial charge in [0.25, 0.3) is 11.8 Å². The van der Waals surface area contributed by atoms with E-state index in [0.29, 0.717) is 22.3 Å². The van der Waals surface area contributed by atoms with Crippen LogP contribution in [0.25, 0.3) is 10.9 Å². The molecule has 0 fully saturated rings. The van der Waals surface area contributed by atoms with Crippen LogP contribution in [0.3, 0.4) is 0 Å². The van der Waals surface area contributed by atoms with Gasteiger partial charge in [0.2, 0.25) is 11.3 Å². The Morgan fingerprint density at radius 3 is 2.57 bits per heavy atom. The first-order chi connectivity index (χ1) is 16.9. The van der Waals surface area contributed by atoms with Crippen molar-refractivity contribution < 1.29 is 19.1 Å². The number of hydrogen-bond acceptors (Lipinski definition) is 5. The van der Waals surface area contributed by atoms with Gasteiger partial charge in [0.1, 0.15) is 11.3 Å². The van der Waals surface area contributed by atoms with Crippen molar-refractivity contribution in [1.82, 2.24) is 15.6 Å². The van der Waals surface area contributed by atoms with E-state index in [1.165, 1.54) is 11.1 Å². The summed E-state index contributed by atoms with van der Waals surface area (Å²) in [4.78, 5) is 55.7. The maximum atomic E-state index is 13.1. The van der Waals surface area contributed by atoms with Gasteiger partial charge in [0.15, 0.2) is 6.10 Å². The van der Waals surface area contributed by atoms with E-state index in [4.69, 9.17) is 4.74 Å². The van der Waals surface area contributed by atoms with E-state index in [1.807, 2.05) is 13.8 Å². The van der Waals surface area contributed by atoms with Crippen LogP contribution in [0.5, 0.6) is 5.75 Å². The average molecular weight is 477 g/mol. The molecule has 0 aliphatic carbocycles. The summed E-state index contributed by atoms with van der Waals surface area (Å²) < 4.78 is 5.88. The Balaban J connectivity index is 1.49. The predicted molar refractivity (Wildman–Crippen MR) is 133 cm³/mol. The van der Waals surface area contributed by atoms with Crippen LogP contribution in [0.4, 0.5) is 5.69 Å². The van der Waals surface area contributed by atoms with Crippen LogP contribution in [0, 0.1) is 0 Å². The number of benzene rings is 2. The van der Waals surface area contributed by atoms with Crippen molar-refractivity contribution in [3.8, 4) is 5.75 Å². The molecular formula is C26H28N4O5. The summed E-state index contributed by atoms with van der Waals surface area (Å²) in [7, 11) is 0. The molecule has 9 nitrogen and oxygen atoms in total. The van der Waals surface area contributed by atoms with Crippen LogP contribution in [0.2, 0.25) is 0 Å². The zero-order chi connectivity index (χ0) is 24.9. The Labute approximate surface area is 202 Å². The lowest BCUT2D eigenvalue weighted by molar-refractivity contribution is -0.129. The van der Waals surface area contributed by atoms with Gasteiger partial charge >= 0.3 is 0 Å². The topological polar surface area (TPSA) is 121 Å².